The standard InChI is InChI=1S/C17H25N3O4S/c1-20(2)16(22)11-18-17(23)14(9-10-25-3)19-15(21)12-24-13-7-5-4-6-8-13/h4-8,14H,9-12H2,1-3H3,(H,18,23)(H,19,21)/t14-/m0/s1. The smallest absolute Gasteiger partial charge is 0.258 e. The summed E-state index contributed by atoms with van der Waals surface area (Å²) in [5, 5.41) is 5.22. The van der Waals surface area contributed by atoms with Crippen molar-refractivity contribution in [3.63, 3.8) is 0 Å². The fourth-order valence-corrected chi connectivity index (χ4v) is 2.32. The van der Waals surface area contributed by atoms with E-state index in [2.05, 4.69) is 10.6 Å². The van der Waals surface area contributed by atoms with Gasteiger partial charge < -0.3 is 20.3 Å². The lowest BCUT2D eigenvalue weighted by Gasteiger charge is -2.19. The van der Waals surface area contributed by atoms with Gasteiger partial charge in [0.2, 0.25) is 11.8 Å². The molecule has 7 nitrogen and oxygen atoms in total. The van der Waals surface area contributed by atoms with Gasteiger partial charge in [0.05, 0.1) is 6.54 Å². The van der Waals surface area contributed by atoms with E-state index in [-0.39, 0.29) is 30.9 Å². The number of carbonyl (C=O) groups excluding carboxylic acids is 3. The van der Waals surface area contributed by atoms with Gasteiger partial charge in [-0.3, -0.25) is 14.4 Å². The molecule has 0 aliphatic carbocycles. The molecule has 1 aromatic carbocycles. The van der Waals surface area contributed by atoms with Gasteiger partial charge in [-0.25, -0.2) is 0 Å². The Morgan fingerprint density at radius 3 is 2.48 bits per heavy atom. The number of nitrogens with zero attached hydrogens (tertiary/aromatic N) is 1. The molecular formula is C17H25N3O4S. The van der Waals surface area contributed by atoms with E-state index < -0.39 is 6.04 Å². The minimum Gasteiger partial charge on any atom is -0.484 e. The number of nitrogens with one attached hydrogen (secondary N) is 2. The second-order valence-corrected chi connectivity index (χ2v) is 6.49. The number of likely N-dealkylation sites (N-methyl/N-ethyl adjacent to an activating group) is 1. The number of rotatable bonds is 10. The van der Waals surface area contributed by atoms with Crippen LogP contribution in [0.2, 0.25) is 0 Å². The van der Waals surface area contributed by atoms with Crippen molar-refractivity contribution in [1.82, 2.24) is 15.5 Å². The molecule has 1 aromatic rings. The Balaban J connectivity index is 2.51. The molecule has 0 radical (unpaired) electrons. The molecule has 0 spiro atoms. The lowest BCUT2D eigenvalue weighted by Crippen LogP contribution is -2.50. The summed E-state index contributed by atoms with van der Waals surface area (Å²) in [4.78, 5) is 37.2. The zero-order valence-electron chi connectivity index (χ0n) is 14.8. The van der Waals surface area contributed by atoms with Crippen LogP contribution in [0.5, 0.6) is 5.75 Å². The van der Waals surface area contributed by atoms with Crippen LogP contribution in [0.1, 0.15) is 6.42 Å². The van der Waals surface area contributed by atoms with Crippen LogP contribution in [0.15, 0.2) is 30.3 Å². The Kier molecular flexibility index (Phi) is 9.46. The normalized spacial score (nSPS) is 11.3. The molecular weight excluding hydrogens is 342 g/mol. The number of amides is 3. The zero-order chi connectivity index (χ0) is 18.7. The minimum atomic E-state index is -0.700. The van der Waals surface area contributed by atoms with Crippen molar-refractivity contribution in [3.8, 4) is 5.75 Å². The summed E-state index contributed by atoms with van der Waals surface area (Å²) < 4.78 is 5.37. The van der Waals surface area contributed by atoms with Crippen molar-refractivity contribution >= 4 is 29.5 Å². The molecule has 0 aliphatic heterocycles. The van der Waals surface area contributed by atoms with E-state index in [1.165, 1.54) is 4.90 Å². The SMILES string of the molecule is CSCC[C@H](NC(=O)COc1ccccc1)C(=O)NCC(=O)N(C)C. The van der Waals surface area contributed by atoms with Crippen molar-refractivity contribution in [1.29, 1.82) is 0 Å². The molecule has 0 saturated heterocycles. The highest BCUT2D eigenvalue weighted by Gasteiger charge is 2.21. The summed E-state index contributed by atoms with van der Waals surface area (Å²) in [6.45, 7) is -0.276. The number of carbonyl (C=O) groups is 3. The average molecular weight is 367 g/mol. The minimum absolute atomic E-state index is 0.0992. The third-order valence-corrected chi connectivity index (χ3v) is 3.93. The Labute approximate surface area is 152 Å². The molecule has 3 amide bonds. The van der Waals surface area contributed by atoms with Crippen LogP contribution in [0.4, 0.5) is 0 Å². The fourth-order valence-electron chi connectivity index (χ4n) is 1.85. The van der Waals surface area contributed by atoms with Crippen LogP contribution in [0.3, 0.4) is 0 Å². The van der Waals surface area contributed by atoms with E-state index in [0.29, 0.717) is 17.9 Å². The van der Waals surface area contributed by atoms with Gasteiger partial charge >= 0.3 is 0 Å². The van der Waals surface area contributed by atoms with Crippen LogP contribution < -0.4 is 15.4 Å². The summed E-state index contributed by atoms with van der Waals surface area (Å²) in [6, 6.07) is 8.27. The van der Waals surface area contributed by atoms with E-state index in [1.54, 1.807) is 38.0 Å². The van der Waals surface area contributed by atoms with Gasteiger partial charge in [0.25, 0.3) is 5.91 Å². The molecule has 0 fully saturated rings. The first kappa shape index (κ1) is 20.8. The van der Waals surface area contributed by atoms with E-state index in [1.807, 2.05) is 24.5 Å². The molecule has 138 valence electrons. The van der Waals surface area contributed by atoms with Gasteiger partial charge in [0, 0.05) is 14.1 Å². The van der Waals surface area contributed by atoms with Gasteiger partial charge in [-0.05, 0) is 30.6 Å². The van der Waals surface area contributed by atoms with E-state index in [0.717, 1.165) is 0 Å². The van der Waals surface area contributed by atoms with Crippen LogP contribution in [-0.4, -0.2) is 67.9 Å². The van der Waals surface area contributed by atoms with Crippen LogP contribution >= 0.6 is 11.8 Å². The van der Waals surface area contributed by atoms with Gasteiger partial charge in [-0.1, -0.05) is 18.2 Å². The maximum Gasteiger partial charge on any atom is 0.258 e. The summed E-state index contributed by atoms with van der Waals surface area (Å²) in [6.07, 6.45) is 2.39. The molecule has 0 aliphatic rings. The van der Waals surface area contributed by atoms with Crippen molar-refractivity contribution in [2.75, 3.05) is 39.3 Å². The van der Waals surface area contributed by atoms with Crippen LogP contribution in [0, 0.1) is 0 Å². The third-order valence-electron chi connectivity index (χ3n) is 3.29. The van der Waals surface area contributed by atoms with E-state index in [4.69, 9.17) is 4.74 Å². The Bertz CT molecular complexity index is 566. The molecule has 1 atom stereocenters. The largest absolute Gasteiger partial charge is 0.484 e. The molecule has 0 heterocycles. The molecule has 2 N–H and O–H groups in total. The summed E-state index contributed by atoms with van der Waals surface area (Å²) in [5.74, 6) is 0.316. The van der Waals surface area contributed by atoms with Crippen molar-refractivity contribution in [3.05, 3.63) is 30.3 Å². The van der Waals surface area contributed by atoms with Crippen LogP contribution in [0.25, 0.3) is 0 Å². The number of hydrogen-bond donors (Lipinski definition) is 2. The van der Waals surface area contributed by atoms with Crippen molar-refractivity contribution in [2.45, 2.75) is 12.5 Å². The van der Waals surface area contributed by atoms with Gasteiger partial charge in [0.1, 0.15) is 11.8 Å². The number of thioether (sulfide) groups is 1. The van der Waals surface area contributed by atoms with Crippen LogP contribution in [-0.2, 0) is 14.4 Å². The molecule has 0 bridgehead atoms. The number of para-hydroxylation sites is 1. The van der Waals surface area contributed by atoms with Gasteiger partial charge in [-0.2, -0.15) is 11.8 Å². The number of ether oxygens (including phenoxy) is 1. The van der Waals surface area contributed by atoms with Crippen molar-refractivity contribution in [2.24, 2.45) is 0 Å². The first-order valence-corrected chi connectivity index (χ1v) is 9.27. The first-order valence-electron chi connectivity index (χ1n) is 7.88. The highest BCUT2D eigenvalue weighted by molar-refractivity contribution is 7.98. The molecule has 0 saturated carbocycles. The lowest BCUT2D eigenvalue weighted by molar-refractivity contribution is -0.133. The molecule has 0 unspecified atom stereocenters. The van der Waals surface area contributed by atoms with Crippen molar-refractivity contribution < 1.29 is 19.1 Å². The first-order chi connectivity index (χ1) is 11.9. The van der Waals surface area contributed by atoms with E-state index >= 15 is 0 Å². The van der Waals surface area contributed by atoms with E-state index in [9.17, 15) is 14.4 Å². The predicted molar refractivity (Wildman–Crippen MR) is 98.6 cm³/mol. The van der Waals surface area contributed by atoms with Gasteiger partial charge in [0.15, 0.2) is 6.61 Å². The Morgan fingerprint density at radius 1 is 1.20 bits per heavy atom. The molecule has 1 rings (SSSR count). The summed E-state index contributed by atoms with van der Waals surface area (Å²) in [7, 11) is 3.23. The summed E-state index contributed by atoms with van der Waals surface area (Å²) in [5.41, 5.74) is 0. The molecule has 8 heteroatoms. The lowest BCUT2D eigenvalue weighted by atomic mass is 10.2. The highest BCUT2D eigenvalue weighted by atomic mass is 32.2. The monoisotopic (exact) mass is 367 g/mol. The average Bonchev–Trinajstić information content (AvgIpc) is 2.61. The quantitative estimate of drug-likeness (QED) is 0.629. The summed E-state index contributed by atoms with van der Waals surface area (Å²) >= 11 is 1.58. The topological polar surface area (TPSA) is 87.7 Å². The number of hydrogen-bond acceptors (Lipinski definition) is 5. The predicted octanol–water partition coefficient (Wildman–Crippen LogP) is 0.508. The Hall–Kier alpha value is -2.22. The molecule has 0 aromatic heterocycles. The van der Waals surface area contributed by atoms with Gasteiger partial charge in [-0.15, -0.1) is 0 Å². The fraction of sp³-hybridized carbons (Fsp3) is 0.471. The second-order valence-electron chi connectivity index (χ2n) is 5.51. The maximum absolute atomic E-state index is 12.2. The third kappa shape index (κ3) is 8.44. The highest BCUT2D eigenvalue weighted by Crippen LogP contribution is 2.08. The maximum atomic E-state index is 12.2. The number of benzene rings is 1. The second kappa shape index (κ2) is 11.4. The Morgan fingerprint density at radius 2 is 1.88 bits per heavy atom. The molecule has 25 heavy (non-hydrogen) atoms. The zero-order valence-corrected chi connectivity index (χ0v) is 15.6.